The van der Waals surface area contributed by atoms with Gasteiger partial charge in [0.2, 0.25) is 0 Å². The van der Waals surface area contributed by atoms with E-state index in [4.69, 9.17) is 16.3 Å². The molecule has 0 aliphatic heterocycles. The van der Waals surface area contributed by atoms with Crippen molar-refractivity contribution in [2.24, 2.45) is 5.92 Å². The maximum Gasteiger partial charge on any atom is 0.0610 e. The summed E-state index contributed by atoms with van der Waals surface area (Å²) in [5, 5.41) is 0.131. The van der Waals surface area contributed by atoms with E-state index in [9.17, 15) is 0 Å². The van der Waals surface area contributed by atoms with Crippen LogP contribution in [0, 0.1) is 5.92 Å². The molecule has 0 aliphatic rings. The number of methoxy groups -OCH3 is 1. The van der Waals surface area contributed by atoms with Crippen molar-refractivity contribution in [2.45, 2.75) is 38.5 Å². The minimum Gasteiger partial charge on any atom is -0.384 e. The Morgan fingerprint density at radius 1 is 1.24 bits per heavy atom. The van der Waals surface area contributed by atoms with Crippen LogP contribution < -0.4 is 0 Å². The normalized spacial score (nSPS) is 14.6. The van der Waals surface area contributed by atoms with Gasteiger partial charge in [-0.1, -0.05) is 44.5 Å². The lowest BCUT2D eigenvalue weighted by atomic mass is 9.95. The quantitative estimate of drug-likeness (QED) is 0.647. The fourth-order valence-electron chi connectivity index (χ4n) is 2.02. The first kappa shape index (κ1) is 14.5. The van der Waals surface area contributed by atoms with Gasteiger partial charge in [-0.15, -0.1) is 11.6 Å². The molecule has 0 spiro atoms. The number of ether oxygens (including phenoxy) is 1. The van der Waals surface area contributed by atoms with Crippen molar-refractivity contribution >= 4 is 11.6 Å². The number of rotatable bonds is 7. The lowest BCUT2D eigenvalue weighted by molar-refractivity contribution is 0.202. The van der Waals surface area contributed by atoms with Gasteiger partial charge in [-0.2, -0.15) is 0 Å². The molecule has 2 atom stereocenters. The van der Waals surface area contributed by atoms with Gasteiger partial charge in [0.25, 0.3) is 0 Å². The molecule has 2 unspecified atom stereocenters. The lowest BCUT2D eigenvalue weighted by Gasteiger charge is -2.17. The van der Waals surface area contributed by atoms with Crippen molar-refractivity contribution < 1.29 is 4.74 Å². The zero-order valence-electron chi connectivity index (χ0n) is 11.1. The van der Waals surface area contributed by atoms with Gasteiger partial charge in [-0.05, 0) is 29.9 Å². The van der Waals surface area contributed by atoms with Gasteiger partial charge in [0.1, 0.15) is 0 Å². The molecule has 2 heteroatoms. The standard InChI is InChI=1S/C15H23ClO/c1-4-5-12(2)15(16)14-8-6-13(7-9-14)10-11-17-3/h6-9,12,15H,4-5,10-11H2,1-3H3. The molecular weight excluding hydrogens is 232 g/mol. The van der Waals surface area contributed by atoms with Crippen LogP contribution in [-0.2, 0) is 11.2 Å². The molecule has 0 N–H and O–H groups in total. The minimum absolute atomic E-state index is 0.131. The van der Waals surface area contributed by atoms with Crippen molar-refractivity contribution in [3.63, 3.8) is 0 Å². The monoisotopic (exact) mass is 254 g/mol. The summed E-state index contributed by atoms with van der Waals surface area (Å²) >= 11 is 6.47. The van der Waals surface area contributed by atoms with Crippen LogP contribution in [0.4, 0.5) is 0 Å². The minimum atomic E-state index is 0.131. The smallest absolute Gasteiger partial charge is 0.0610 e. The fourth-order valence-corrected chi connectivity index (χ4v) is 2.29. The van der Waals surface area contributed by atoms with Crippen molar-refractivity contribution in [1.29, 1.82) is 0 Å². The number of halogens is 1. The zero-order valence-corrected chi connectivity index (χ0v) is 11.8. The summed E-state index contributed by atoms with van der Waals surface area (Å²) in [7, 11) is 1.73. The van der Waals surface area contributed by atoms with Crippen LogP contribution in [0.2, 0.25) is 0 Å². The van der Waals surface area contributed by atoms with Crippen LogP contribution in [-0.4, -0.2) is 13.7 Å². The van der Waals surface area contributed by atoms with Crippen LogP contribution >= 0.6 is 11.6 Å². The van der Waals surface area contributed by atoms with Crippen LogP contribution in [0.25, 0.3) is 0 Å². The van der Waals surface area contributed by atoms with E-state index in [1.165, 1.54) is 24.0 Å². The Morgan fingerprint density at radius 3 is 2.41 bits per heavy atom. The highest BCUT2D eigenvalue weighted by Crippen LogP contribution is 2.31. The second-order valence-corrected chi connectivity index (χ2v) is 5.12. The van der Waals surface area contributed by atoms with Crippen molar-refractivity contribution in [2.75, 3.05) is 13.7 Å². The lowest BCUT2D eigenvalue weighted by Crippen LogP contribution is -2.04. The highest BCUT2D eigenvalue weighted by atomic mass is 35.5. The van der Waals surface area contributed by atoms with Gasteiger partial charge in [0, 0.05) is 7.11 Å². The SMILES string of the molecule is CCCC(C)C(Cl)c1ccc(CCOC)cc1. The van der Waals surface area contributed by atoms with E-state index in [0.29, 0.717) is 5.92 Å². The van der Waals surface area contributed by atoms with Gasteiger partial charge in [-0.25, -0.2) is 0 Å². The Labute approximate surface area is 110 Å². The molecule has 96 valence electrons. The summed E-state index contributed by atoms with van der Waals surface area (Å²) in [5.41, 5.74) is 2.54. The predicted molar refractivity (Wildman–Crippen MR) is 74.7 cm³/mol. The molecule has 0 fully saturated rings. The summed E-state index contributed by atoms with van der Waals surface area (Å²) in [4.78, 5) is 0. The van der Waals surface area contributed by atoms with E-state index in [1.807, 2.05) is 0 Å². The molecule has 1 aromatic carbocycles. The molecule has 1 rings (SSSR count). The topological polar surface area (TPSA) is 9.23 Å². The van der Waals surface area contributed by atoms with E-state index >= 15 is 0 Å². The molecule has 17 heavy (non-hydrogen) atoms. The Morgan fingerprint density at radius 2 is 1.88 bits per heavy atom. The fraction of sp³-hybridized carbons (Fsp3) is 0.600. The van der Waals surface area contributed by atoms with Gasteiger partial charge >= 0.3 is 0 Å². The Kier molecular flexibility index (Phi) is 6.61. The summed E-state index contributed by atoms with van der Waals surface area (Å²) in [6.07, 6.45) is 3.34. The molecule has 1 nitrogen and oxygen atoms in total. The first-order valence-electron chi connectivity index (χ1n) is 6.40. The van der Waals surface area contributed by atoms with E-state index < -0.39 is 0 Å². The molecule has 0 aliphatic carbocycles. The average molecular weight is 255 g/mol. The number of hydrogen-bond donors (Lipinski definition) is 0. The first-order valence-corrected chi connectivity index (χ1v) is 6.84. The highest BCUT2D eigenvalue weighted by Gasteiger charge is 2.15. The predicted octanol–water partition coefficient (Wildman–Crippen LogP) is 4.59. The number of benzene rings is 1. The molecular formula is C15H23ClO. The van der Waals surface area contributed by atoms with Crippen LogP contribution in [0.3, 0.4) is 0 Å². The third-order valence-electron chi connectivity index (χ3n) is 3.14. The number of hydrogen-bond acceptors (Lipinski definition) is 1. The van der Waals surface area contributed by atoms with E-state index in [1.54, 1.807) is 7.11 Å². The third-order valence-corrected chi connectivity index (χ3v) is 3.82. The summed E-state index contributed by atoms with van der Waals surface area (Å²) in [6, 6.07) is 8.61. The maximum absolute atomic E-state index is 6.47. The molecule has 0 radical (unpaired) electrons. The second kappa shape index (κ2) is 7.73. The summed E-state index contributed by atoms with van der Waals surface area (Å²) in [5.74, 6) is 0.534. The van der Waals surface area contributed by atoms with E-state index in [2.05, 4.69) is 38.1 Å². The third kappa shape index (κ3) is 4.69. The van der Waals surface area contributed by atoms with Gasteiger partial charge in [0.15, 0.2) is 0 Å². The molecule has 0 saturated heterocycles. The molecule has 0 saturated carbocycles. The second-order valence-electron chi connectivity index (χ2n) is 4.65. The van der Waals surface area contributed by atoms with Gasteiger partial charge in [0.05, 0.1) is 12.0 Å². The molecule has 1 aromatic rings. The average Bonchev–Trinajstić information content (AvgIpc) is 2.36. The molecule has 0 bridgehead atoms. The number of alkyl halides is 1. The Balaban J connectivity index is 2.60. The molecule has 0 aromatic heterocycles. The molecule has 0 amide bonds. The van der Waals surface area contributed by atoms with Crippen LogP contribution in [0.1, 0.15) is 43.2 Å². The Bertz CT molecular complexity index is 307. The van der Waals surface area contributed by atoms with Crippen LogP contribution in [0.15, 0.2) is 24.3 Å². The maximum atomic E-state index is 6.47. The highest BCUT2D eigenvalue weighted by molar-refractivity contribution is 6.20. The van der Waals surface area contributed by atoms with Gasteiger partial charge < -0.3 is 4.74 Å². The van der Waals surface area contributed by atoms with E-state index in [-0.39, 0.29) is 5.38 Å². The van der Waals surface area contributed by atoms with Crippen molar-refractivity contribution in [3.8, 4) is 0 Å². The van der Waals surface area contributed by atoms with Crippen LogP contribution in [0.5, 0.6) is 0 Å². The van der Waals surface area contributed by atoms with Crippen molar-refractivity contribution in [1.82, 2.24) is 0 Å². The van der Waals surface area contributed by atoms with Gasteiger partial charge in [-0.3, -0.25) is 0 Å². The van der Waals surface area contributed by atoms with E-state index in [0.717, 1.165) is 13.0 Å². The first-order chi connectivity index (χ1) is 8.19. The summed E-state index contributed by atoms with van der Waals surface area (Å²) in [6.45, 7) is 5.20. The zero-order chi connectivity index (χ0) is 12.7. The molecule has 0 heterocycles. The van der Waals surface area contributed by atoms with Crippen molar-refractivity contribution in [3.05, 3.63) is 35.4 Å². The largest absolute Gasteiger partial charge is 0.384 e. The Hall–Kier alpha value is -0.530. The summed E-state index contributed by atoms with van der Waals surface area (Å²) < 4.78 is 5.07.